The second kappa shape index (κ2) is 5.89. The molecule has 3 N–H and O–H groups in total. The van der Waals surface area contributed by atoms with Crippen LogP contribution >= 0.6 is 0 Å². The van der Waals surface area contributed by atoms with Crippen LogP contribution in [0, 0.1) is 6.92 Å². The minimum Gasteiger partial charge on any atom is -0.464 e. The van der Waals surface area contributed by atoms with Gasteiger partial charge in [-0.05, 0) is 19.9 Å². The van der Waals surface area contributed by atoms with E-state index in [0.717, 1.165) is 5.69 Å². The predicted octanol–water partition coefficient (Wildman–Crippen LogP) is 0.563. The lowest BCUT2D eigenvalue weighted by Gasteiger charge is -2.07. The molecule has 2 heterocycles. The van der Waals surface area contributed by atoms with Gasteiger partial charge in [-0.2, -0.15) is 15.0 Å². The van der Waals surface area contributed by atoms with Gasteiger partial charge < -0.3 is 15.8 Å². The lowest BCUT2D eigenvalue weighted by molar-refractivity contribution is 0.312. The van der Waals surface area contributed by atoms with Gasteiger partial charge in [0.05, 0.1) is 18.8 Å². The first-order chi connectivity index (χ1) is 9.17. The van der Waals surface area contributed by atoms with Gasteiger partial charge in [-0.1, -0.05) is 0 Å². The van der Waals surface area contributed by atoms with E-state index in [1.807, 2.05) is 19.9 Å². The third kappa shape index (κ3) is 3.73. The van der Waals surface area contributed by atoms with Gasteiger partial charge in [0, 0.05) is 6.20 Å². The van der Waals surface area contributed by atoms with E-state index < -0.39 is 0 Å². The van der Waals surface area contributed by atoms with E-state index in [1.54, 1.807) is 6.20 Å². The van der Waals surface area contributed by atoms with Crippen molar-refractivity contribution in [1.29, 1.82) is 0 Å². The molecule has 0 radical (unpaired) electrons. The topological polar surface area (TPSA) is 112 Å². The molecule has 19 heavy (non-hydrogen) atoms. The summed E-state index contributed by atoms with van der Waals surface area (Å²) in [6.45, 7) is 4.61. The summed E-state index contributed by atoms with van der Waals surface area (Å²) in [6.07, 6.45) is 1.70. The third-order valence-corrected chi connectivity index (χ3v) is 2.17. The Morgan fingerprint density at radius 1 is 1.26 bits per heavy atom. The van der Waals surface area contributed by atoms with Crippen molar-refractivity contribution in [2.24, 2.45) is 0 Å². The molecule has 0 unspecified atom stereocenters. The molecule has 8 heteroatoms. The molecule has 0 aliphatic heterocycles. The van der Waals surface area contributed by atoms with Gasteiger partial charge in [0.15, 0.2) is 0 Å². The maximum Gasteiger partial charge on any atom is 0.323 e. The van der Waals surface area contributed by atoms with E-state index in [9.17, 15) is 0 Å². The fraction of sp³-hybridized carbons (Fsp3) is 0.364. The number of nitrogens with zero attached hydrogens (tertiary/aromatic N) is 5. The number of anilines is 2. The Kier molecular flexibility index (Phi) is 4.01. The molecule has 2 aromatic heterocycles. The van der Waals surface area contributed by atoms with Crippen LogP contribution in [0.5, 0.6) is 6.01 Å². The van der Waals surface area contributed by atoms with Gasteiger partial charge in [0.1, 0.15) is 5.82 Å². The highest BCUT2D eigenvalue weighted by atomic mass is 16.5. The van der Waals surface area contributed by atoms with Crippen molar-refractivity contribution in [2.75, 3.05) is 17.7 Å². The van der Waals surface area contributed by atoms with Gasteiger partial charge >= 0.3 is 6.01 Å². The summed E-state index contributed by atoms with van der Waals surface area (Å²) in [4.78, 5) is 20.2. The van der Waals surface area contributed by atoms with Crippen LogP contribution in [0.3, 0.4) is 0 Å². The normalized spacial score (nSPS) is 10.2. The van der Waals surface area contributed by atoms with E-state index in [4.69, 9.17) is 10.5 Å². The first-order valence-corrected chi connectivity index (χ1v) is 5.84. The van der Waals surface area contributed by atoms with Crippen molar-refractivity contribution in [2.45, 2.75) is 20.4 Å². The van der Waals surface area contributed by atoms with Gasteiger partial charge in [0.25, 0.3) is 0 Å². The Morgan fingerprint density at radius 2 is 2.11 bits per heavy atom. The van der Waals surface area contributed by atoms with Crippen LogP contribution < -0.4 is 15.8 Å². The SMILES string of the molecule is CCOc1nc(N)nc(NCc2ccnc(C)n2)n1. The van der Waals surface area contributed by atoms with E-state index in [1.165, 1.54) is 0 Å². The van der Waals surface area contributed by atoms with Crippen molar-refractivity contribution in [1.82, 2.24) is 24.9 Å². The molecular formula is C11H15N7O. The van der Waals surface area contributed by atoms with Gasteiger partial charge in [-0.15, -0.1) is 0 Å². The molecule has 0 saturated heterocycles. The standard InChI is InChI=1S/C11H15N7O/c1-3-19-11-17-9(12)16-10(18-11)14-6-8-4-5-13-7(2)15-8/h4-5H,3,6H2,1-2H3,(H3,12,14,16,17,18). The molecule has 0 aliphatic rings. The predicted molar refractivity (Wildman–Crippen MR) is 69.5 cm³/mol. The summed E-state index contributed by atoms with van der Waals surface area (Å²) < 4.78 is 5.19. The number of hydrogen-bond donors (Lipinski definition) is 2. The smallest absolute Gasteiger partial charge is 0.323 e. The fourth-order valence-corrected chi connectivity index (χ4v) is 1.42. The molecule has 0 atom stereocenters. The van der Waals surface area contributed by atoms with Crippen LogP contribution in [-0.4, -0.2) is 31.5 Å². The summed E-state index contributed by atoms with van der Waals surface area (Å²) in [6, 6.07) is 2.02. The average molecular weight is 261 g/mol. The Hall–Kier alpha value is -2.51. The number of ether oxygens (including phenoxy) is 1. The number of nitrogens with one attached hydrogen (secondary N) is 1. The Balaban J connectivity index is 2.06. The number of nitrogen functional groups attached to an aromatic ring is 1. The molecule has 0 amide bonds. The molecule has 2 aromatic rings. The van der Waals surface area contributed by atoms with E-state index in [-0.39, 0.29) is 12.0 Å². The minimum atomic E-state index is 0.111. The van der Waals surface area contributed by atoms with Crippen molar-refractivity contribution in [3.05, 3.63) is 23.8 Å². The number of rotatable bonds is 5. The van der Waals surface area contributed by atoms with Crippen LogP contribution in [0.4, 0.5) is 11.9 Å². The summed E-state index contributed by atoms with van der Waals surface area (Å²) in [5.74, 6) is 1.18. The van der Waals surface area contributed by atoms with E-state index >= 15 is 0 Å². The number of nitrogens with two attached hydrogens (primary N) is 1. The highest BCUT2D eigenvalue weighted by molar-refractivity contribution is 5.33. The van der Waals surface area contributed by atoms with Crippen LogP contribution in [0.2, 0.25) is 0 Å². The van der Waals surface area contributed by atoms with Crippen molar-refractivity contribution >= 4 is 11.9 Å². The minimum absolute atomic E-state index is 0.111. The molecule has 8 nitrogen and oxygen atoms in total. The highest BCUT2D eigenvalue weighted by Crippen LogP contribution is 2.09. The van der Waals surface area contributed by atoms with E-state index in [0.29, 0.717) is 24.9 Å². The van der Waals surface area contributed by atoms with Gasteiger partial charge in [-0.25, -0.2) is 9.97 Å². The Bertz CT molecular complexity index is 560. The summed E-state index contributed by atoms with van der Waals surface area (Å²) in [7, 11) is 0. The third-order valence-electron chi connectivity index (χ3n) is 2.17. The number of hydrogen-bond acceptors (Lipinski definition) is 8. The van der Waals surface area contributed by atoms with Crippen molar-refractivity contribution in [3.63, 3.8) is 0 Å². The largest absolute Gasteiger partial charge is 0.464 e. The monoisotopic (exact) mass is 261 g/mol. The molecule has 0 bridgehead atoms. The highest BCUT2D eigenvalue weighted by Gasteiger charge is 2.05. The summed E-state index contributed by atoms with van der Waals surface area (Å²) in [5, 5.41) is 3.02. The molecule has 2 rings (SSSR count). The molecular weight excluding hydrogens is 246 g/mol. The summed E-state index contributed by atoms with van der Waals surface area (Å²) >= 11 is 0. The van der Waals surface area contributed by atoms with E-state index in [2.05, 4.69) is 30.2 Å². The lowest BCUT2D eigenvalue weighted by atomic mass is 10.4. The zero-order chi connectivity index (χ0) is 13.7. The first kappa shape index (κ1) is 12.9. The first-order valence-electron chi connectivity index (χ1n) is 5.84. The molecule has 0 aromatic carbocycles. The van der Waals surface area contributed by atoms with Crippen LogP contribution in [-0.2, 0) is 6.54 Å². The summed E-state index contributed by atoms with van der Waals surface area (Å²) in [5.41, 5.74) is 6.41. The van der Waals surface area contributed by atoms with Crippen LogP contribution in [0.1, 0.15) is 18.4 Å². The molecule has 0 saturated carbocycles. The second-order valence-electron chi connectivity index (χ2n) is 3.68. The average Bonchev–Trinajstić information content (AvgIpc) is 2.36. The fourth-order valence-electron chi connectivity index (χ4n) is 1.42. The zero-order valence-corrected chi connectivity index (χ0v) is 10.8. The van der Waals surface area contributed by atoms with Crippen molar-refractivity contribution < 1.29 is 4.74 Å². The second-order valence-corrected chi connectivity index (χ2v) is 3.68. The van der Waals surface area contributed by atoms with Crippen molar-refractivity contribution in [3.8, 4) is 6.01 Å². The van der Waals surface area contributed by atoms with Gasteiger partial charge in [-0.3, -0.25) is 0 Å². The van der Waals surface area contributed by atoms with Crippen LogP contribution in [0.15, 0.2) is 12.3 Å². The zero-order valence-electron chi connectivity index (χ0n) is 10.8. The number of aryl methyl sites for hydroxylation is 1. The Labute approximate surface area is 110 Å². The van der Waals surface area contributed by atoms with Gasteiger partial charge in [0.2, 0.25) is 11.9 Å². The molecule has 100 valence electrons. The maximum atomic E-state index is 5.57. The lowest BCUT2D eigenvalue weighted by Crippen LogP contribution is -2.10. The maximum absolute atomic E-state index is 5.57. The quantitative estimate of drug-likeness (QED) is 0.803. The Morgan fingerprint density at radius 3 is 2.84 bits per heavy atom. The van der Waals surface area contributed by atoms with Crippen LogP contribution in [0.25, 0.3) is 0 Å². The molecule has 0 spiro atoms. The molecule has 0 aliphatic carbocycles. The molecule has 0 fully saturated rings. The number of aromatic nitrogens is 5.